The first-order chi connectivity index (χ1) is 19.1. The third-order valence-corrected chi connectivity index (χ3v) is 9.21. The number of likely N-dealkylation sites (tertiary alicyclic amines) is 1. The van der Waals surface area contributed by atoms with Crippen molar-refractivity contribution in [3.05, 3.63) is 82.5 Å². The number of sulfonamides is 1. The number of nitrogens with zero attached hydrogens (tertiary/aromatic N) is 3. The molecule has 0 bridgehead atoms. The van der Waals surface area contributed by atoms with E-state index in [-0.39, 0.29) is 32.3 Å². The van der Waals surface area contributed by atoms with Crippen LogP contribution in [0.15, 0.2) is 65.7 Å². The SMILES string of the molecule is CN1CCC(NC(=O)c2cnc(NNC(=S)NC3c4ccccc4N(C)S(=O)(=O)c4ccccc43)c(Cl)c2)C1=O. The maximum absolute atomic E-state index is 13.3. The minimum atomic E-state index is -3.79. The number of hydrazine groups is 1. The molecule has 1 saturated heterocycles. The minimum Gasteiger partial charge on any atom is -0.350 e. The van der Waals surface area contributed by atoms with Gasteiger partial charge in [0.05, 0.1) is 27.2 Å². The van der Waals surface area contributed by atoms with E-state index >= 15 is 0 Å². The third kappa shape index (κ3) is 5.15. The Hall–Kier alpha value is -3.94. The van der Waals surface area contributed by atoms with Crippen molar-refractivity contribution >= 4 is 62.3 Å². The van der Waals surface area contributed by atoms with E-state index in [9.17, 15) is 18.0 Å². The number of pyridine rings is 1. The highest BCUT2D eigenvalue weighted by Gasteiger charge is 2.35. The van der Waals surface area contributed by atoms with Gasteiger partial charge in [-0.05, 0) is 42.4 Å². The number of carbonyl (C=O) groups is 2. The van der Waals surface area contributed by atoms with Crippen molar-refractivity contribution < 1.29 is 18.0 Å². The number of carbonyl (C=O) groups excluding carboxylic acids is 2. The number of halogens is 1. The number of likely N-dealkylation sites (N-methyl/N-ethyl adjacent to an activating group) is 1. The van der Waals surface area contributed by atoms with Crippen molar-refractivity contribution in [2.24, 2.45) is 0 Å². The van der Waals surface area contributed by atoms with Crippen LogP contribution in [0.3, 0.4) is 0 Å². The lowest BCUT2D eigenvalue weighted by molar-refractivity contribution is -0.128. The summed E-state index contributed by atoms with van der Waals surface area (Å²) in [6.45, 7) is 0.579. The van der Waals surface area contributed by atoms with Gasteiger partial charge in [-0.25, -0.2) is 13.4 Å². The molecule has 14 heteroatoms. The zero-order valence-corrected chi connectivity index (χ0v) is 23.9. The lowest BCUT2D eigenvalue weighted by atomic mass is 9.97. The first-order valence-corrected chi connectivity index (χ1v) is 14.5. The molecule has 0 spiro atoms. The quantitative estimate of drug-likeness (QED) is 0.257. The van der Waals surface area contributed by atoms with Crippen LogP contribution in [0.1, 0.15) is 33.9 Å². The molecule has 40 heavy (non-hydrogen) atoms. The average molecular weight is 600 g/mol. The van der Waals surface area contributed by atoms with E-state index in [0.29, 0.717) is 24.2 Å². The van der Waals surface area contributed by atoms with E-state index in [0.717, 1.165) is 5.56 Å². The van der Waals surface area contributed by atoms with E-state index in [2.05, 4.69) is 26.5 Å². The summed E-state index contributed by atoms with van der Waals surface area (Å²) in [7, 11) is -0.583. The summed E-state index contributed by atoms with van der Waals surface area (Å²) in [5.41, 5.74) is 7.65. The van der Waals surface area contributed by atoms with Gasteiger partial charge in [-0.15, -0.1) is 0 Å². The predicted molar refractivity (Wildman–Crippen MR) is 156 cm³/mol. The summed E-state index contributed by atoms with van der Waals surface area (Å²) in [5, 5.41) is 6.20. The van der Waals surface area contributed by atoms with Gasteiger partial charge in [0.15, 0.2) is 10.9 Å². The Bertz CT molecular complexity index is 1620. The van der Waals surface area contributed by atoms with Crippen LogP contribution in [0.4, 0.5) is 11.5 Å². The molecular formula is C26H26ClN7O4S2. The lowest BCUT2D eigenvalue weighted by Crippen LogP contribution is -2.41. The summed E-state index contributed by atoms with van der Waals surface area (Å²) >= 11 is 11.9. The molecule has 1 fully saturated rings. The highest BCUT2D eigenvalue weighted by Crippen LogP contribution is 2.39. The summed E-state index contributed by atoms with van der Waals surface area (Å²) in [4.78, 5) is 30.6. The number of rotatable bonds is 5. The predicted octanol–water partition coefficient (Wildman–Crippen LogP) is 2.41. The van der Waals surface area contributed by atoms with Crippen LogP contribution in [-0.4, -0.2) is 61.9 Å². The normalized spacial score (nSPS) is 19.2. The van der Waals surface area contributed by atoms with E-state index in [1.165, 1.54) is 23.6 Å². The Kier molecular flexibility index (Phi) is 7.53. The van der Waals surface area contributed by atoms with Crippen molar-refractivity contribution in [1.29, 1.82) is 0 Å². The number of anilines is 2. The topological polar surface area (TPSA) is 136 Å². The molecule has 2 aliphatic rings. The second-order valence-corrected chi connectivity index (χ2v) is 12.1. The maximum Gasteiger partial charge on any atom is 0.264 e. The van der Waals surface area contributed by atoms with Crippen LogP contribution >= 0.6 is 23.8 Å². The van der Waals surface area contributed by atoms with Gasteiger partial charge in [-0.3, -0.25) is 24.7 Å². The van der Waals surface area contributed by atoms with Crippen LogP contribution in [0.25, 0.3) is 0 Å². The molecule has 0 saturated carbocycles. The van der Waals surface area contributed by atoms with Gasteiger partial charge < -0.3 is 15.5 Å². The summed E-state index contributed by atoms with van der Waals surface area (Å²) in [6, 6.07) is 14.2. The van der Waals surface area contributed by atoms with Crippen molar-refractivity contribution in [3.8, 4) is 0 Å². The number of fused-ring (bicyclic) bond motifs is 2. The van der Waals surface area contributed by atoms with E-state index in [1.807, 2.05) is 12.1 Å². The Morgan fingerprint density at radius 2 is 1.77 bits per heavy atom. The average Bonchev–Trinajstić information content (AvgIpc) is 3.23. The number of hydrogen-bond acceptors (Lipinski definition) is 7. The van der Waals surface area contributed by atoms with E-state index < -0.39 is 28.0 Å². The molecular weight excluding hydrogens is 574 g/mol. The molecule has 11 nitrogen and oxygen atoms in total. The van der Waals surface area contributed by atoms with E-state index in [1.54, 1.807) is 48.3 Å². The molecule has 208 valence electrons. The monoisotopic (exact) mass is 599 g/mol. The number of thiocarbonyl (C=S) groups is 1. The molecule has 4 N–H and O–H groups in total. The van der Waals surface area contributed by atoms with Crippen LogP contribution in [-0.2, 0) is 14.8 Å². The fourth-order valence-electron chi connectivity index (χ4n) is 4.71. The molecule has 2 aromatic carbocycles. The van der Waals surface area contributed by atoms with Gasteiger partial charge in [-0.2, -0.15) is 0 Å². The molecule has 2 unspecified atom stereocenters. The number of aromatic nitrogens is 1. The smallest absolute Gasteiger partial charge is 0.264 e. The zero-order valence-electron chi connectivity index (χ0n) is 21.5. The molecule has 0 radical (unpaired) electrons. The van der Waals surface area contributed by atoms with Gasteiger partial charge in [0.25, 0.3) is 15.9 Å². The van der Waals surface area contributed by atoms with E-state index in [4.69, 9.17) is 23.8 Å². The fourth-order valence-corrected chi connectivity index (χ4v) is 6.54. The largest absolute Gasteiger partial charge is 0.350 e. The molecule has 0 aliphatic carbocycles. The van der Waals surface area contributed by atoms with Crippen molar-refractivity contribution in [2.45, 2.75) is 23.4 Å². The number of benzene rings is 2. The highest BCUT2D eigenvalue weighted by molar-refractivity contribution is 7.92. The van der Waals surface area contributed by atoms with Crippen LogP contribution < -0.4 is 25.8 Å². The Balaban J connectivity index is 1.30. The standard InChI is InChI=1S/C26H26ClN7O4S2/c1-33-12-11-19(25(33)36)29-24(35)15-13-18(27)23(28-14-15)31-32-26(39)30-22-16-7-3-5-9-20(16)34(2)40(37,38)21-10-6-4-8-17(21)22/h3-10,13-14,19,22H,11-12H2,1-2H3,(H,28,31)(H,29,35)(H2,30,32,39). The van der Waals surface area contributed by atoms with Crippen molar-refractivity contribution in [3.63, 3.8) is 0 Å². The molecule has 2 aliphatic heterocycles. The van der Waals surface area contributed by atoms with Gasteiger partial charge in [0, 0.05) is 32.4 Å². The Morgan fingerprint density at radius 3 is 2.48 bits per heavy atom. The molecule has 1 aromatic heterocycles. The zero-order chi connectivity index (χ0) is 28.6. The maximum atomic E-state index is 13.3. The molecule has 2 amide bonds. The number of nitrogens with one attached hydrogen (secondary N) is 4. The second-order valence-electron chi connectivity index (χ2n) is 9.35. The molecule has 3 heterocycles. The lowest BCUT2D eigenvalue weighted by Gasteiger charge is -2.23. The summed E-state index contributed by atoms with van der Waals surface area (Å²) in [5.74, 6) is -0.382. The highest BCUT2D eigenvalue weighted by atomic mass is 35.5. The van der Waals surface area contributed by atoms with Crippen LogP contribution in [0.5, 0.6) is 0 Å². The van der Waals surface area contributed by atoms with Gasteiger partial charge >= 0.3 is 0 Å². The van der Waals surface area contributed by atoms with Gasteiger partial charge in [0.2, 0.25) is 5.91 Å². The Labute approximate surface area is 241 Å². The van der Waals surface area contributed by atoms with Gasteiger partial charge in [0.1, 0.15) is 6.04 Å². The van der Waals surface area contributed by atoms with Gasteiger partial charge in [-0.1, -0.05) is 48.0 Å². The second kappa shape index (κ2) is 10.9. The van der Waals surface area contributed by atoms with Crippen molar-refractivity contribution in [1.82, 2.24) is 25.9 Å². The fraction of sp³-hybridized carbons (Fsp3) is 0.231. The molecule has 5 rings (SSSR count). The van der Waals surface area contributed by atoms with Crippen molar-refractivity contribution in [2.75, 3.05) is 30.4 Å². The number of para-hydroxylation sites is 1. The third-order valence-electron chi connectivity index (χ3n) is 6.86. The Morgan fingerprint density at radius 1 is 1.07 bits per heavy atom. The van der Waals surface area contributed by atoms with Crippen LogP contribution in [0.2, 0.25) is 5.02 Å². The molecule has 2 atom stereocenters. The minimum absolute atomic E-state index is 0.140. The first-order valence-electron chi connectivity index (χ1n) is 12.3. The molecule has 3 aromatic rings. The summed E-state index contributed by atoms with van der Waals surface area (Å²) in [6.07, 6.45) is 1.87. The van der Waals surface area contributed by atoms with Crippen LogP contribution in [0, 0.1) is 0 Å². The number of hydrogen-bond donors (Lipinski definition) is 4. The first kappa shape index (κ1) is 27.6. The number of amides is 2. The summed E-state index contributed by atoms with van der Waals surface area (Å²) < 4.78 is 27.9.